The fourth-order valence-corrected chi connectivity index (χ4v) is 3.55. The highest BCUT2D eigenvalue weighted by Gasteiger charge is 2.36. The number of hydrogen-bond acceptors (Lipinski definition) is 6. The SMILES string of the molecule is Cc1cc(C)n2nc(CC(=O)N[C@@H](c3ccccn3)C3CC(O)C3)nc2n1. The molecule has 0 spiro atoms. The average molecular weight is 366 g/mol. The maximum atomic E-state index is 12.6. The molecular weight excluding hydrogens is 344 g/mol. The van der Waals surface area contributed by atoms with Gasteiger partial charge in [0.05, 0.1) is 24.3 Å². The van der Waals surface area contributed by atoms with E-state index in [2.05, 4.69) is 25.4 Å². The number of pyridine rings is 1. The molecule has 3 aromatic rings. The molecule has 1 saturated carbocycles. The Labute approximate surface area is 156 Å². The lowest BCUT2D eigenvalue weighted by atomic mass is 9.76. The molecule has 3 aromatic heterocycles. The summed E-state index contributed by atoms with van der Waals surface area (Å²) in [6.45, 7) is 3.83. The van der Waals surface area contributed by atoms with Crippen molar-refractivity contribution in [1.29, 1.82) is 0 Å². The smallest absolute Gasteiger partial charge is 0.252 e. The second-order valence-electron chi connectivity index (χ2n) is 7.14. The van der Waals surface area contributed by atoms with Crippen molar-refractivity contribution in [3.05, 3.63) is 53.4 Å². The molecule has 0 aliphatic heterocycles. The molecule has 0 aromatic carbocycles. The van der Waals surface area contributed by atoms with Crippen LogP contribution < -0.4 is 5.32 Å². The van der Waals surface area contributed by atoms with Crippen molar-refractivity contribution in [3.63, 3.8) is 0 Å². The third-order valence-corrected chi connectivity index (χ3v) is 4.92. The average Bonchev–Trinajstić information content (AvgIpc) is 3.00. The summed E-state index contributed by atoms with van der Waals surface area (Å²) in [4.78, 5) is 25.7. The molecule has 0 bridgehead atoms. The van der Waals surface area contributed by atoms with Gasteiger partial charge in [0.25, 0.3) is 5.78 Å². The molecule has 0 unspecified atom stereocenters. The number of aliphatic hydroxyl groups excluding tert-OH is 1. The summed E-state index contributed by atoms with van der Waals surface area (Å²) in [5, 5.41) is 17.1. The fraction of sp³-hybridized carbons (Fsp3) is 0.421. The van der Waals surface area contributed by atoms with Gasteiger partial charge in [-0.3, -0.25) is 9.78 Å². The van der Waals surface area contributed by atoms with E-state index in [0.29, 0.717) is 24.4 Å². The molecule has 27 heavy (non-hydrogen) atoms. The Balaban J connectivity index is 1.51. The molecular formula is C19H22N6O2. The molecule has 8 nitrogen and oxygen atoms in total. The number of nitrogens with one attached hydrogen (secondary N) is 1. The van der Waals surface area contributed by atoms with Crippen molar-refractivity contribution in [1.82, 2.24) is 29.9 Å². The highest BCUT2D eigenvalue weighted by Crippen LogP contribution is 2.37. The van der Waals surface area contributed by atoms with Gasteiger partial charge >= 0.3 is 0 Å². The number of carbonyl (C=O) groups is 1. The predicted molar refractivity (Wildman–Crippen MR) is 97.8 cm³/mol. The zero-order valence-corrected chi connectivity index (χ0v) is 15.3. The lowest BCUT2D eigenvalue weighted by molar-refractivity contribution is -0.122. The van der Waals surface area contributed by atoms with Gasteiger partial charge in [0.1, 0.15) is 0 Å². The maximum absolute atomic E-state index is 12.6. The molecule has 140 valence electrons. The second kappa shape index (κ2) is 7.03. The first-order valence-corrected chi connectivity index (χ1v) is 9.08. The first-order valence-electron chi connectivity index (χ1n) is 9.08. The molecule has 1 aliphatic rings. The Morgan fingerprint density at radius 1 is 1.33 bits per heavy atom. The summed E-state index contributed by atoms with van der Waals surface area (Å²) in [6.07, 6.45) is 2.81. The van der Waals surface area contributed by atoms with E-state index in [4.69, 9.17) is 0 Å². The van der Waals surface area contributed by atoms with E-state index in [0.717, 1.165) is 17.1 Å². The van der Waals surface area contributed by atoms with Crippen LogP contribution in [0.2, 0.25) is 0 Å². The van der Waals surface area contributed by atoms with Crippen LogP contribution in [0.1, 0.15) is 41.8 Å². The standard InChI is InChI=1S/C19H22N6O2/c1-11-7-12(2)25-19(21-11)22-16(24-25)10-17(27)23-18(13-8-14(26)9-13)15-5-3-4-6-20-15/h3-7,13-14,18,26H,8-10H2,1-2H3,(H,23,27)/t13?,14?,18-/m1/s1. The lowest BCUT2D eigenvalue weighted by Gasteiger charge is -2.37. The Kier molecular flexibility index (Phi) is 4.57. The molecule has 2 N–H and O–H groups in total. The Hall–Kier alpha value is -2.87. The number of fused-ring (bicyclic) bond motifs is 1. The summed E-state index contributed by atoms with van der Waals surface area (Å²) in [7, 11) is 0. The molecule has 8 heteroatoms. The second-order valence-corrected chi connectivity index (χ2v) is 7.14. The summed E-state index contributed by atoms with van der Waals surface area (Å²) in [5.41, 5.74) is 2.59. The van der Waals surface area contributed by atoms with Gasteiger partial charge in [-0.15, -0.1) is 5.10 Å². The normalized spacial score (nSPS) is 20.3. The van der Waals surface area contributed by atoms with Gasteiger partial charge in [-0.05, 0) is 50.8 Å². The van der Waals surface area contributed by atoms with Gasteiger partial charge in [-0.1, -0.05) is 6.07 Å². The largest absolute Gasteiger partial charge is 0.393 e. The van der Waals surface area contributed by atoms with E-state index in [-0.39, 0.29) is 30.4 Å². The number of carbonyl (C=O) groups excluding carboxylic acids is 1. The number of aryl methyl sites for hydroxylation is 2. The van der Waals surface area contributed by atoms with E-state index in [9.17, 15) is 9.90 Å². The van der Waals surface area contributed by atoms with E-state index < -0.39 is 0 Å². The van der Waals surface area contributed by atoms with Crippen molar-refractivity contribution in [2.45, 2.75) is 45.3 Å². The van der Waals surface area contributed by atoms with Crippen LogP contribution in [0.5, 0.6) is 0 Å². The number of aromatic nitrogens is 5. The minimum Gasteiger partial charge on any atom is -0.393 e. The van der Waals surface area contributed by atoms with Crippen LogP contribution in [0.15, 0.2) is 30.5 Å². The third-order valence-electron chi connectivity index (χ3n) is 4.92. The quantitative estimate of drug-likeness (QED) is 0.705. The van der Waals surface area contributed by atoms with Crippen molar-refractivity contribution >= 4 is 11.7 Å². The van der Waals surface area contributed by atoms with Gasteiger partial charge < -0.3 is 10.4 Å². The van der Waals surface area contributed by atoms with Gasteiger partial charge in [-0.2, -0.15) is 4.98 Å². The first-order chi connectivity index (χ1) is 13.0. The van der Waals surface area contributed by atoms with Crippen LogP contribution in [-0.2, 0) is 11.2 Å². The van der Waals surface area contributed by atoms with Gasteiger partial charge in [-0.25, -0.2) is 9.50 Å². The lowest BCUT2D eigenvalue weighted by Crippen LogP contribution is -2.42. The highest BCUT2D eigenvalue weighted by molar-refractivity contribution is 5.78. The molecule has 1 aliphatic carbocycles. The highest BCUT2D eigenvalue weighted by atomic mass is 16.3. The molecule has 1 atom stereocenters. The van der Waals surface area contributed by atoms with Crippen LogP contribution in [0.4, 0.5) is 0 Å². The van der Waals surface area contributed by atoms with Crippen molar-refractivity contribution < 1.29 is 9.90 Å². The van der Waals surface area contributed by atoms with Crippen LogP contribution in [0.3, 0.4) is 0 Å². The van der Waals surface area contributed by atoms with Crippen LogP contribution in [0.25, 0.3) is 5.78 Å². The summed E-state index contributed by atoms with van der Waals surface area (Å²) >= 11 is 0. The fourth-order valence-electron chi connectivity index (χ4n) is 3.55. The van der Waals surface area contributed by atoms with Crippen LogP contribution in [-0.4, -0.2) is 41.7 Å². The zero-order chi connectivity index (χ0) is 19.0. The van der Waals surface area contributed by atoms with Crippen LogP contribution >= 0.6 is 0 Å². The Bertz CT molecular complexity index is 965. The molecule has 1 amide bonds. The van der Waals surface area contributed by atoms with Crippen molar-refractivity contribution in [2.24, 2.45) is 5.92 Å². The minimum atomic E-state index is -0.296. The molecule has 1 fully saturated rings. The first kappa shape index (κ1) is 17.5. The van der Waals surface area contributed by atoms with Gasteiger partial charge in [0.15, 0.2) is 5.82 Å². The number of rotatable bonds is 5. The summed E-state index contributed by atoms with van der Waals surface area (Å²) in [5.74, 6) is 0.942. The number of hydrogen-bond donors (Lipinski definition) is 2. The molecule has 0 saturated heterocycles. The van der Waals surface area contributed by atoms with E-state index in [1.54, 1.807) is 10.7 Å². The zero-order valence-electron chi connectivity index (χ0n) is 15.3. The van der Waals surface area contributed by atoms with E-state index in [1.807, 2.05) is 38.1 Å². The predicted octanol–water partition coefficient (Wildman–Crippen LogP) is 1.31. The van der Waals surface area contributed by atoms with Gasteiger partial charge in [0, 0.05) is 17.6 Å². The number of amides is 1. The van der Waals surface area contributed by atoms with Crippen LogP contribution in [0, 0.1) is 19.8 Å². The number of aliphatic hydroxyl groups is 1. The Morgan fingerprint density at radius 2 is 2.15 bits per heavy atom. The number of nitrogens with zero attached hydrogens (tertiary/aromatic N) is 5. The summed E-state index contributed by atoms with van der Waals surface area (Å²) < 4.78 is 1.65. The minimum absolute atomic E-state index is 0.0699. The van der Waals surface area contributed by atoms with Crippen molar-refractivity contribution in [2.75, 3.05) is 0 Å². The molecule has 3 heterocycles. The summed E-state index contributed by atoms with van der Waals surface area (Å²) in [6, 6.07) is 7.34. The van der Waals surface area contributed by atoms with Gasteiger partial charge in [0.2, 0.25) is 5.91 Å². The molecule has 0 radical (unpaired) electrons. The monoisotopic (exact) mass is 366 g/mol. The maximum Gasteiger partial charge on any atom is 0.252 e. The van der Waals surface area contributed by atoms with E-state index in [1.165, 1.54) is 0 Å². The third kappa shape index (κ3) is 3.66. The topological polar surface area (TPSA) is 105 Å². The van der Waals surface area contributed by atoms with E-state index >= 15 is 0 Å². The van der Waals surface area contributed by atoms with Crippen molar-refractivity contribution in [3.8, 4) is 0 Å². The Morgan fingerprint density at radius 3 is 2.85 bits per heavy atom. The molecule has 4 rings (SSSR count).